The van der Waals surface area contributed by atoms with Gasteiger partial charge in [-0.05, 0) is 41.4 Å². The van der Waals surface area contributed by atoms with Crippen molar-refractivity contribution in [3.05, 3.63) is 34.9 Å². The van der Waals surface area contributed by atoms with Gasteiger partial charge in [-0.25, -0.2) is 4.79 Å². The summed E-state index contributed by atoms with van der Waals surface area (Å²) in [6.07, 6.45) is 3.86. The molecule has 3 amide bonds. The Balaban J connectivity index is 1.58. The molecule has 8 heteroatoms. The summed E-state index contributed by atoms with van der Waals surface area (Å²) in [5.41, 5.74) is 3.02. The Bertz CT molecular complexity index is 970. The number of fused-ring (bicyclic) bond motifs is 3. The van der Waals surface area contributed by atoms with Crippen LogP contribution in [0.1, 0.15) is 69.6 Å². The smallest absolute Gasteiger partial charge is 0.410 e. The van der Waals surface area contributed by atoms with Crippen LogP contribution in [0.4, 0.5) is 4.79 Å². The molecule has 0 radical (unpaired) electrons. The molecule has 0 aromatic heterocycles. The number of amides is 3. The van der Waals surface area contributed by atoms with E-state index in [1.807, 2.05) is 32.9 Å². The summed E-state index contributed by atoms with van der Waals surface area (Å²) in [6.45, 7) is 6.82. The van der Waals surface area contributed by atoms with Gasteiger partial charge in [0.25, 0.3) is 0 Å². The Labute approximate surface area is 201 Å². The summed E-state index contributed by atoms with van der Waals surface area (Å²) in [4.78, 5) is 54.1. The summed E-state index contributed by atoms with van der Waals surface area (Å²) in [5, 5.41) is 2.92. The highest BCUT2D eigenvalue weighted by Gasteiger charge is 2.43. The van der Waals surface area contributed by atoms with Crippen LogP contribution in [0.3, 0.4) is 0 Å². The summed E-state index contributed by atoms with van der Waals surface area (Å²) >= 11 is 0. The second-order valence-electron chi connectivity index (χ2n) is 10.8. The van der Waals surface area contributed by atoms with E-state index in [-0.39, 0.29) is 24.8 Å². The second kappa shape index (κ2) is 9.76. The van der Waals surface area contributed by atoms with Crippen LogP contribution in [0, 0.1) is 5.41 Å². The molecule has 0 unspecified atom stereocenters. The maximum Gasteiger partial charge on any atom is 0.410 e. The zero-order valence-corrected chi connectivity index (χ0v) is 20.3. The van der Waals surface area contributed by atoms with Crippen molar-refractivity contribution in [3.8, 4) is 0 Å². The van der Waals surface area contributed by atoms with E-state index < -0.39 is 29.7 Å². The number of carbonyl (C=O) groups is 4. The lowest BCUT2D eigenvalue weighted by atomic mass is 9.85. The van der Waals surface area contributed by atoms with Crippen molar-refractivity contribution in [3.63, 3.8) is 0 Å². The lowest BCUT2D eigenvalue weighted by molar-refractivity contribution is -0.141. The standard InChI is InChI=1S/C26H35N3O5/c1-26(2,3)23-24(32)29-14-20(12-19(29)16-30)34-25(33)28-13-18-10-7-9-17(21(18)15-28)8-5-4-6-11-22(31)27-23/h7,9-10,16,19-20,23H,4-6,8,11-15H2,1-3H3,(H,27,31)/t19-,20+,23+/m0/s1. The highest BCUT2D eigenvalue weighted by Crippen LogP contribution is 2.30. The van der Waals surface area contributed by atoms with Gasteiger partial charge < -0.3 is 19.7 Å². The second-order valence-corrected chi connectivity index (χ2v) is 10.8. The molecule has 3 aliphatic rings. The SMILES string of the molecule is CC(C)(C)[C@@H]1NC(=O)CCCCCc2cccc3c2CN(C3)C(=O)O[C@@H]2C[C@@H](C=O)N(C2)C1=O. The Morgan fingerprint density at radius 1 is 1.03 bits per heavy atom. The highest BCUT2D eigenvalue weighted by molar-refractivity contribution is 5.90. The first-order valence-electron chi connectivity index (χ1n) is 12.3. The van der Waals surface area contributed by atoms with Crippen LogP contribution in [0.15, 0.2) is 18.2 Å². The molecule has 34 heavy (non-hydrogen) atoms. The molecule has 1 N–H and O–H groups in total. The Morgan fingerprint density at radius 2 is 1.76 bits per heavy atom. The van der Waals surface area contributed by atoms with Crippen LogP contribution >= 0.6 is 0 Å². The predicted octanol–water partition coefficient (Wildman–Crippen LogP) is 2.95. The predicted molar refractivity (Wildman–Crippen MR) is 126 cm³/mol. The fourth-order valence-corrected chi connectivity index (χ4v) is 5.19. The third-order valence-electron chi connectivity index (χ3n) is 7.12. The first-order chi connectivity index (χ1) is 16.2. The Kier molecular flexibility index (Phi) is 6.96. The number of nitrogens with zero attached hydrogens (tertiary/aromatic N) is 2. The van der Waals surface area contributed by atoms with E-state index in [4.69, 9.17) is 4.74 Å². The molecule has 1 saturated heterocycles. The number of aldehydes is 1. The topological polar surface area (TPSA) is 96.0 Å². The average molecular weight is 470 g/mol. The van der Waals surface area contributed by atoms with E-state index in [2.05, 4.69) is 11.4 Å². The third kappa shape index (κ3) is 5.10. The van der Waals surface area contributed by atoms with Crippen LogP contribution in [-0.4, -0.2) is 58.7 Å². The Hall–Kier alpha value is -2.90. The van der Waals surface area contributed by atoms with Gasteiger partial charge in [-0.15, -0.1) is 0 Å². The van der Waals surface area contributed by atoms with E-state index in [0.29, 0.717) is 19.5 Å². The minimum absolute atomic E-state index is 0.141. The largest absolute Gasteiger partial charge is 0.444 e. The van der Waals surface area contributed by atoms with Crippen molar-refractivity contribution in [1.29, 1.82) is 0 Å². The molecular weight excluding hydrogens is 434 g/mol. The van der Waals surface area contributed by atoms with Gasteiger partial charge >= 0.3 is 6.09 Å². The molecule has 4 rings (SSSR count). The van der Waals surface area contributed by atoms with Gasteiger partial charge in [-0.2, -0.15) is 0 Å². The van der Waals surface area contributed by atoms with Crippen molar-refractivity contribution in [2.75, 3.05) is 6.54 Å². The van der Waals surface area contributed by atoms with Crippen molar-refractivity contribution >= 4 is 24.2 Å². The van der Waals surface area contributed by atoms with Crippen LogP contribution in [0.2, 0.25) is 0 Å². The molecule has 0 spiro atoms. The monoisotopic (exact) mass is 469 g/mol. The fourth-order valence-electron chi connectivity index (χ4n) is 5.19. The minimum Gasteiger partial charge on any atom is -0.444 e. The molecule has 1 aromatic carbocycles. The van der Waals surface area contributed by atoms with Gasteiger partial charge in [0.1, 0.15) is 18.4 Å². The summed E-state index contributed by atoms with van der Waals surface area (Å²) in [6, 6.07) is 4.74. The summed E-state index contributed by atoms with van der Waals surface area (Å²) in [5.74, 6) is -0.466. The van der Waals surface area contributed by atoms with E-state index in [0.717, 1.165) is 37.5 Å². The van der Waals surface area contributed by atoms with Crippen molar-refractivity contribution < 1.29 is 23.9 Å². The summed E-state index contributed by atoms with van der Waals surface area (Å²) in [7, 11) is 0. The maximum absolute atomic E-state index is 13.5. The Morgan fingerprint density at radius 3 is 2.50 bits per heavy atom. The molecule has 1 fully saturated rings. The van der Waals surface area contributed by atoms with Crippen LogP contribution in [0.25, 0.3) is 0 Å². The number of hydrogen-bond acceptors (Lipinski definition) is 5. The van der Waals surface area contributed by atoms with Gasteiger partial charge in [0.2, 0.25) is 11.8 Å². The lowest BCUT2D eigenvalue weighted by Gasteiger charge is -2.34. The molecule has 0 aliphatic carbocycles. The molecule has 1 aromatic rings. The molecule has 3 heterocycles. The number of benzene rings is 1. The van der Waals surface area contributed by atoms with Crippen LogP contribution in [-0.2, 0) is 38.6 Å². The number of ether oxygens (including phenoxy) is 1. The first kappa shape index (κ1) is 24.2. The van der Waals surface area contributed by atoms with Gasteiger partial charge in [-0.3, -0.25) is 14.5 Å². The van der Waals surface area contributed by atoms with Crippen molar-refractivity contribution in [1.82, 2.24) is 15.1 Å². The number of carbonyl (C=O) groups excluding carboxylic acids is 4. The van der Waals surface area contributed by atoms with Crippen LogP contribution < -0.4 is 5.32 Å². The maximum atomic E-state index is 13.5. The quantitative estimate of drug-likeness (QED) is 0.638. The molecule has 0 saturated carbocycles. The molecule has 4 bridgehead atoms. The van der Waals surface area contributed by atoms with Gasteiger partial charge in [0, 0.05) is 25.9 Å². The van der Waals surface area contributed by atoms with Gasteiger partial charge in [-0.1, -0.05) is 45.4 Å². The zero-order chi connectivity index (χ0) is 24.5. The molecule has 3 aliphatic heterocycles. The highest BCUT2D eigenvalue weighted by atomic mass is 16.6. The molecular formula is C26H35N3O5. The molecule has 3 atom stereocenters. The van der Waals surface area contributed by atoms with Gasteiger partial charge in [0.05, 0.1) is 12.6 Å². The normalized spacial score (nSPS) is 26.6. The molecule has 8 nitrogen and oxygen atoms in total. The lowest BCUT2D eigenvalue weighted by Crippen LogP contribution is -2.56. The number of nitrogens with one attached hydrogen (secondary N) is 1. The average Bonchev–Trinajstić information content (AvgIpc) is 3.40. The van der Waals surface area contributed by atoms with E-state index in [9.17, 15) is 19.2 Å². The van der Waals surface area contributed by atoms with E-state index in [1.54, 1.807) is 4.90 Å². The fraction of sp³-hybridized carbons (Fsp3) is 0.615. The van der Waals surface area contributed by atoms with E-state index in [1.165, 1.54) is 16.0 Å². The number of hydrogen-bond donors (Lipinski definition) is 1. The minimum atomic E-state index is -0.765. The van der Waals surface area contributed by atoms with Gasteiger partial charge in [0.15, 0.2) is 0 Å². The first-order valence-corrected chi connectivity index (χ1v) is 12.3. The van der Waals surface area contributed by atoms with Crippen molar-refractivity contribution in [2.24, 2.45) is 5.41 Å². The molecule has 184 valence electrons. The third-order valence-corrected chi connectivity index (χ3v) is 7.12. The number of rotatable bonds is 1. The van der Waals surface area contributed by atoms with Crippen LogP contribution in [0.5, 0.6) is 0 Å². The number of aryl methyl sites for hydroxylation is 1. The van der Waals surface area contributed by atoms with E-state index >= 15 is 0 Å². The van der Waals surface area contributed by atoms with Crippen molar-refractivity contribution in [2.45, 2.75) is 90.6 Å². The zero-order valence-electron chi connectivity index (χ0n) is 20.3. The summed E-state index contributed by atoms with van der Waals surface area (Å²) < 4.78 is 5.76.